The standard InChI is InChI=1S/C15H21N3/c1-15(2,16)10-9-14-17-12-5-3-4-6-13(12)18(14)11-7-8-11/h3-6,11H,7-10,16H2,1-2H3. The summed E-state index contributed by atoms with van der Waals surface area (Å²) >= 11 is 0. The molecule has 0 bridgehead atoms. The van der Waals surface area contributed by atoms with Crippen LogP contribution in [0.2, 0.25) is 0 Å². The SMILES string of the molecule is CC(C)(N)CCc1nc2ccccc2n1C1CC1. The van der Waals surface area contributed by atoms with Gasteiger partial charge in [0, 0.05) is 18.0 Å². The summed E-state index contributed by atoms with van der Waals surface area (Å²) in [5.74, 6) is 1.21. The normalized spacial score (nSPS) is 16.4. The average Bonchev–Trinajstić information content (AvgIpc) is 3.06. The second-order valence-electron chi connectivity index (χ2n) is 6.11. The Labute approximate surface area is 108 Å². The van der Waals surface area contributed by atoms with Gasteiger partial charge in [-0.3, -0.25) is 0 Å². The van der Waals surface area contributed by atoms with E-state index in [0.717, 1.165) is 18.4 Å². The molecule has 3 nitrogen and oxygen atoms in total. The fraction of sp³-hybridized carbons (Fsp3) is 0.533. The van der Waals surface area contributed by atoms with Gasteiger partial charge in [-0.25, -0.2) is 4.98 Å². The van der Waals surface area contributed by atoms with Gasteiger partial charge in [-0.05, 0) is 45.2 Å². The molecule has 2 N–H and O–H groups in total. The summed E-state index contributed by atoms with van der Waals surface area (Å²) in [7, 11) is 0. The number of imidazole rings is 1. The van der Waals surface area contributed by atoms with Gasteiger partial charge in [0.05, 0.1) is 11.0 Å². The molecule has 3 heteroatoms. The first kappa shape index (κ1) is 11.7. The van der Waals surface area contributed by atoms with Crippen LogP contribution in [0.25, 0.3) is 11.0 Å². The lowest BCUT2D eigenvalue weighted by molar-refractivity contribution is 0.465. The third-order valence-electron chi connectivity index (χ3n) is 3.57. The number of aryl methyl sites for hydroxylation is 1. The van der Waals surface area contributed by atoms with Crippen molar-refractivity contribution in [2.75, 3.05) is 0 Å². The zero-order chi connectivity index (χ0) is 12.8. The molecule has 1 saturated carbocycles. The molecule has 0 radical (unpaired) electrons. The van der Waals surface area contributed by atoms with Crippen LogP contribution in [-0.4, -0.2) is 15.1 Å². The van der Waals surface area contributed by atoms with Gasteiger partial charge in [0.15, 0.2) is 0 Å². The van der Waals surface area contributed by atoms with Crippen molar-refractivity contribution in [3.63, 3.8) is 0 Å². The van der Waals surface area contributed by atoms with Gasteiger partial charge in [0.25, 0.3) is 0 Å². The van der Waals surface area contributed by atoms with Crippen molar-refractivity contribution >= 4 is 11.0 Å². The first-order chi connectivity index (χ1) is 8.54. The molecule has 1 fully saturated rings. The van der Waals surface area contributed by atoms with Crippen LogP contribution in [0.3, 0.4) is 0 Å². The highest BCUT2D eigenvalue weighted by atomic mass is 15.1. The number of fused-ring (bicyclic) bond motifs is 1. The summed E-state index contributed by atoms with van der Waals surface area (Å²) in [5, 5.41) is 0. The Balaban J connectivity index is 1.97. The van der Waals surface area contributed by atoms with Crippen LogP contribution in [0.15, 0.2) is 24.3 Å². The molecule has 1 aliphatic rings. The van der Waals surface area contributed by atoms with Crippen LogP contribution in [0.5, 0.6) is 0 Å². The van der Waals surface area contributed by atoms with Crippen molar-refractivity contribution < 1.29 is 0 Å². The minimum absolute atomic E-state index is 0.119. The largest absolute Gasteiger partial charge is 0.326 e. The Morgan fingerprint density at radius 2 is 2.06 bits per heavy atom. The monoisotopic (exact) mass is 243 g/mol. The predicted octanol–water partition coefficient (Wildman–Crippen LogP) is 3.04. The molecule has 1 aromatic carbocycles. The molecular weight excluding hydrogens is 222 g/mol. The van der Waals surface area contributed by atoms with Crippen LogP contribution in [0.4, 0.5) is 0 Å². The Kier molecular flexibility index (Phi) is 2.67. The number of nitrogens with two attached hydrogens (primary N) is 1. The molecule has 0 spiro atoms. The molecule has 1 aromatic heterocycles. The van der Waals surface area contributed by atoms with E-state index in [2.05, 4.69) is 42.7 Å². The smallest absolute Gasteiger partial charge is 0.110 e. The topological polar surface area (TPSA) is 43.8 Å². The summed E-state index contributed by atoms with van der Waals surface area (Å²) in [6.45, 7) is 4.16. The lowest BCUT2D eigenvalue weighted by Crippen LogP contribution is -2.32. The third kappa shape index (κ3) is 2.27. The Hall–Kier alpha value is -1.35. The lowest BCUT2D eigenvalue weighted by Gasteiger charge is -2.18. The molecule has 2 aromatic rings. The van der Waals surface area contributed by atoms with Gasteiger partial charge < -0.3 is 10.3 Å². The second kappa shape index (κ2) is 4.09. The van der Waals surface area contributed by atoms with E-state index in [4.69, 9.17) is 10.7 Å². The first-order valence-corrected chi connectivity index (χ1v) is 6.79. The number of aromatic nitrogens is 2. The van der Waals surface area contributed by atoms with E-state index < -0.39 is 0 Å². The van der Waals surface area contributed by atoms with Gasteiger partial charge in [-0.2, -0.15) is 0 Å². The molecule has 1 heterocycles. The molecular formula is C15H21N3. The van der Waals surface area contributed by atoms with Gasteiger partial charge in [-0.1, -0.05) is 12.1 Å². The van der Waals surface area contributed by atoms with E-state index >= 15 is 0 Å². The van der Waals surface area contributed by atoms with E-state index in [9.17, 15) is 0 Å². The molecule has 0 aliphatic heterocycles. The number of hydrogen-bond acceptors (Lipinski definition) is 2. The summed E-state index contributed by atoms with van der Waals surface area (Å²) < 4.78 is 2.43. The Morgan fingerprint density at radius 1 is 1.33 bits per heavy atom. The molecule has 3 rings (SSSR count). The molecule has 0 saturated heterocycles. The van der Waals surface area contributed by atoms with Crippen LogP contribution in [0.1, 0.15) is 45.0 Å². The minimum atomic E-state index is -0.119. The molecule has 18 heavy (non-hydrogen) atoms. The van der Waals surface area contributed by atoms with Crippen LogP contribution >= 0.6 is 0 Å². The summed E-state index contributed by atoms with van der Waals surface area (Å²) in [6, 6.07) is 9.11. The maximum atomic E-state index is 6.08. The zero-order valence-corrected chi connectivity index (χ0v) is 11.2. The van der Waals surface area contributed by atoms with Crippen molar-refractivity contribution in [2.24, 2.45) is 5.73 Å². The van der Waals surface area contributed by atoms with E-state index in [1.54, 1.807) is 0 Å². The fourth-order valence-electron chi connectivity index (χ4n) is 2.44. The third-order valence-corrected chi connectivity index (χ3v) is 3.57. The summed E-state index contributed by atoms with van der Waals surface area (Å²) in [5.41, 5.74) is 8.37. The highest BCUT2D eigenvalue weighted by molar-refractivity contribution is 5.76. The van der Waals surface area contributed by atoms with Gasteiger partial charge in [0.2, 0.25) is 0 Å². The molecule has 0 amide bonds. The Bertz CT molecular complexity index is 559. The van der Waals surface area contributed by atoms with Crippen molar-refractivity contribution in [2.45, 2.75) is 51.1 Å². The summed E-state index contributed by atoms with van der Waals surface area (Å²) in [6.07, 6.45) is 4.52. The van der Waals surface area contributed by atoms with Crippen molar-refractivity contribution in [1.29, 1.82) is 0 Å². The second-order valence-corrected chi connectivity index (χ2v) is 6.11. The van der Waals surface area contributed by atoms with Crippen LogP contribution in [0, 0.1) is 0 Å². The lowest BCUT2D eigenvalue weighted by atomic mass is 10.00. The number of benzene rings is 1. The number of nitrogens with zero attached hydrogens (tertiary/aromatic N) is 2. The van der Waals surface area contributed by atoms with E-state index in [0.29, 0.717) is 6.04 Å². The van der Waals surface area contributed by atoms with E-state index in [1.807, 2.05) is 0 Å². The predicted molar refractivity (Wildman–Crippen MR) is 74.6 cm³/mol. The maximum Gasteiger partial charge on any atom is 0.110 e. The molecule has 96 valence electrons. The molecule has 1 aliphatic carbocycles. The number of rotatable bonds is 4. The van der Waals surface area contributed by atoms with Gasteiger partial charge in [0.1, 0.15) is 5.82 Å². The fourth-order valence-corrected chi connectivity index (χ4v) is 2.44. The van der Waals surface area contributed by atoms with Crippen molar-refractivity contribution in [3.8, 4) is 0 Å². The van der Waals surface area contributed by atoms with E-state index in [1.165, 1.54) is 24.2 Å². The molecule has 0 unspecified atom stereocenters. The zero-order valence-electron chi connectivity index (χ0n) is 11.2. The van der Waals surface area contributed by atoms with E-state index in [-0.39, 0.29) is 5.54 Å². The number of hydrogen-bond donors (Lipinski definition) is 1. The highest BCUT2D eigenvalue weighted by Gasteiger charge is 2.28. The van der Waals surface area contributed by atoms with Crippen molar-refractivity contribution in [3.05, 3.63) is 30.1 Å². The summed E-state index contributed by atoms with van der Waals surface area (Å²) in [4.78, 5) is 4.78. The van der Waals surface area contributed by atoms with Gasteiger partial charge >= 0.3 is 0 Å². The van der Waals surface area contributed by atoms with Crippen LogP contribution in [-0.2, 0) is 6.42 Å². The number of para-hydroxylation sites is 2. The maximum absolute atomic E-state index is 6.08. The minimum Gasteiger partial charge on any atom is -0.326 e. The highest BCUT2D eigenvalue weighted by Crippen LogP contribution is 2.39. The average molecular weight is 243 g/mol. The first-order valence-electron chi connectivity index (χ1n) is 6.79. The van der Waals surface area contributed by atoms with Crippen molar-refractivity contribution in [1.82, 2.24) is 9.55 Å². The molecule has 0 atom stereocenters. The Morgan fingerprint density at radius 3 is 2.72 bits per heavy atom. The van der Waals surface area contributed by atoms with Crippen LogP contribution < -0.4 is 5.73 Å². The quantitative estimate of drug-likeness (QED) is 0.897. The van der Waals surface area contributed by atoms with Gasteiger partial charge in [-0.15, -0.1) is 0 Å².